The van der Waals surface area contributed by atoms with E-state index in [-0.39, 0.29) is 6.61 Å². The third-order valence-corrected chi connectivity index (χ3v) is 3.45. The highest BCUT2D eigenvalue weighted by Crippen LogP contribution is 2.26. The van der Waals surface area contributed by atoms with E-state index in [0.29, 0.717) is 30.4 Å². The fourth-order valence-corrected chi connectivity index (χ4v) is 2.36. The molecule has 0 saturated heterocycles. The Hall–Kier alpha value is -2.74. The second-order valence-corrected chi connectivity index (χ2v) is 4.73. The van der Waals surface area contributed by atoms with Crippen LogP contribution in [0.15, 0.2) is 30.6 Å². The second kappa shape index (κ2) is 5.94. The number of benzene rings is 1. The van der Waals surface area contributed by atoms with E-state index in [0.717, 1.165) is 11.0 Å². The summed E-state index contributed by atoms with van der Waals surface area (Å²) in [5, 5.41) is 17.4. The highest BCUT2D eigenvalue weighted by Gasteiger charge is 2.17. The second-order valence-electron chi connectivity index (χ2n) is 4.73. The van der Waals surface area contributed by atoms with Crippen molar-refractivity contribution in [2.45, 2.75) is 6.92 Å². The van der Waals surface area contributed by atoms with Crippen LogP contribution >= 0.6 is 0 Å². The fourth-order valence-electron chi connectivity index (χ4n) is 2.36. The van der Waals surface area contributed by atoms with Gasteiger partial charge in [0.15, 0.2) is 11.6 Å². The molecule has 8 nitrogen and oxygen atoms in total. The first kappa shape index (κ1) is 14.2. The number of nitrogen functional groups attached to an aromatic ring is 1. The molecule has 0 bridgehead atoms. The topological polar surface area (TPSA) is 106 Å². The van der Waals surface area contributed by atoms with Gasteiger partial charge in [-0.2, -0.15) is 4.68 Å². The lowest BCUT2D eigenvalue weighted by Crippen LogP contribution is -2.28. The molecule has 0 unspecified atom stereocenters. The van der Waals surface area contributed by atoms with E-state index in [4.69, 9.17) is 10.8 Å². The van der Waals surface area contributed by atoms with Crippen LogP contribution < -0.4 is 10.6 Å². The maximum atomic E-state index is 9.16. The summed E-state index contributed by atoms with van der Waals surface area (Å²) >= 11 is 0. The summed E-state index contributed by atoms with van der Waals surface area (Å²) in [5.41, 5.74) is 8.24. The molecule has 2 heterocycles. The molecule has 8 heteroatoms. The van der Waals surface area contributed by atoms with Crippen molar-refractivity contribution in [2.24, 2.45) is 0 Å². The third kappa shape index (κ3) is 2.33. The molecule has 0 saturated carbocycles. The van der Waals surface area contributed by atoms with E-state index in [2.05, 4.69) is 20.3 Å². The lowest BCUT2D eigenvalue weighted by atomic mass is 10.3. The first-order valence-electron chi connectivity index (χ1n) is 7.03. The van der Waals surface area contributed by atoms with E-state index < -0.39 is 0 Å². The van der Waals surface area contributed by atoms with Crippen molar-refractivity contribution in [3.05, 3.63) is 30.6 Å². The highest BCUT2D eigenvalue weighted by atomic mass is 16.3. The Morgan fingerprint density at radius 2 is 2.09 bits per heavy atom. The molecular formula is C14H17N7O. The minimum Gasteiger partial charge on any atom is -0.395 e. The number of nitrogens with zero attached hydrogens (tertiary/aromatic N) is 6. The molecule has 3 rings (SSSR count). The molecule has 0 aliphatic rings. The summed E-state index contributed by atoms with van der Waals surface area (Å²) in [6.45, 7) is 3.13. The van der Waals surface area contributed by atoms with Gasteiger partial charge in [-0.1, -0.05) is 17.3 Å². The van der Waals surface area contributed by atoms with E-state index in [1.807, 2.05) is 36.1 Å². The minimum atomic E-state index is 0.0267. The molecule has 0 radical (unpaired) electrons. The van der Waals surface area contributed by atoms with Gasteiger partial charge in [-0.05, 0) is 19.1 Å². The number of anilines is 2. The number of hydrogen-bond donors (Lipinski definition) is 2. The Morgan fingerprint density at radius 1 is 1.27 bits per heavy atom. The van der Waals surface area contributed by atoms with E-state index in [1.165, 1.54) is 6.33 Å². The third-order valence-electron chi connectivity index (χ3n) is 3.45. The van der Waals surface area contributed by atoms with Crippen LogP contribution in [0.3, 0.4) is 0 Å². The number of rotatable bonds is 5. The average molecular weight is 299 g/mol. The number of aliphatic hydroxyl groups is 1. The van der Waals surface area contributed by atoms with Crippen molar-refractivity contribution >= 4 is 22.5 Å². The van der Waals surface area contributed by atoms with Gasteiger partial charge < -0.3 is 15.7 Å². The molecular weight excluding hydrogens is 282 g/mol. The molecule has 0 aliphatic carbocycles. The van der Waals surface area contributed by atoms with Crippen LogP contribution in [0, 0.1) is 0 Å². The summed E-state index contributed by atoms with van der Waals surface area (Å²) in [4.78, 5) is 10.4. The molecule has 0 atom stereocenters. The Kier molecular flexibility index (Phi) is 3.84. The zero-order valence-electron chi connectivity index (χ0n) is 12.2. The van der Waals surface area contributed by atoms with E-state index in [9.17, 15) is 0 Å². The molecule has 114 valence electrons. The maximum absolute atomic E-state index is 9.16. The monoisotopic (exact) mass is 299 g/mol. The van der Waals surface area contributed by atoms with Crippen molar-refractivity contribution in [1.82, 2.24) is 25.0 Å². The molecule has 0 spiro atoms. The molecule has 2 aromatic heterocycles. The zero-order chi connectivity index (χ0) is 15.5. The fraction of sp³-hybridized carbons (Fsp3) is 0.286. The molecule has 0 aliphatic heterocycles. The van der Waals surface area contributed by atoms with Gasteiger partial charge in [-0.15, -0.1) is 5.10 Å². The standard InChI is InChI=1S/C14H17N7O/c1-2-20(7-8-22)13-12(15)14(17-9-16-13)21-11-6-4-3-5-10(11)18-19-21/h3-6,9,22H,2,7-8,15H2,1H3. The number of hydrogen-bond acceptors (Lipinski definition) is 7. The maximum Gasteiger partial charge on any atom is 0.184 e. The smallest absolute Gasteiger partial charge is 0.184 e. The molecule has 3 aromatic rings. The normalized spacial score (nSPS) is 11.0. The van der Waals surface area contributed by atoms with Crippen LogP contribution in [-0.4, -0.2) is 49.8 Å². The van der Waals surface area contributed by atoms with E-state index in [1.54, 1.807) is 4.68 Å². The van der Waals surface area contributed by atoms with Crippen molar-refractivity contribution in [1.29, 1.82) is 0 Å². The number of para-hydroxylation sites is 1. The predicted molar refractivity (Wildman–Crippen MR) is 83.8 cm³/mol. The molecule has 0 amide bonds. The van der Waals surface area contributed by atoms with Crippen LogP contribution in [0.1, 0.15) is 6.92 Å². The lowest BCUT2D eigenvalue weighted by Gasteiger charge is -2.22. The zero-order valence-corrected chi connectivity index (χ0v) is 12.2. The van der Waals surface area contributed by atoms with Crippen LogP contribution in [0.25, 0.3) is 16.9 Å². The van der Waals surface area contributed by atoms with Crippen molar-refractivity contribution < 1.29 is 5.11 Å². The summed E-state index contributed by atoms with van der Waals surface area (Å²) in [6.07, 6.45) is 1.44. The minimum absolute atomic E-state index is 0.0267. The Morgan fingerprint density at radius 3 is 2.86 bits per heavy atom. The number of fused-ring (bicyclic) bond motifs is 1. The van der Waals surface area contributed by atoms with E-state index >= 15 is 0 Å². The largest absolute Gasteiger partial charge is 0.395 e. The van der Waals surface area contributed by atoms with Gasteiger partial charge in [0.1, 0.15) is 17.5 Å². The van der Waals surface area contributed by atoms with Gasteiger partial charge in [0.2, 0.25) is 0 Å². The average Bonchev–Trinajstić information content (AvgIpc) is 2.97. The van der Waals surface area contributed by atoms with Gasteiger partial charge in [0.05, 0.1) is 12.1 Å². The number of aliphatic hydroxyl groups excluding tert-OH is 1. The highest BCUT2D eigenvalue weighted by molar-refractivity contribution is 5.79. The number of aromatic nitrogens is 5. The number of likely N-dealkylation sites (N-methyl/N-ethyl adjacent to an activating group) is 1. The molecule has 0 fully saturated rings. The van der Waals surface area contributed by atoms with Crippen molar-refractivity contribution in [3.8, 4) is 5.82 Å². The Bertz CT molecular complexity index is 786. The summed E-state index contributed by atoms with van der Waals surface area (Å²) < 4.78 is 1.60. The lowest BCUT2D eigenvalue weighted by molar-refractivity contribution is 0.302. The molecule has 3 N–H and O–H groups in total. The van der Waals surface area contributed by atoms with Crippen LogP contribution in [-0.2, 0) is 0 Å². The Labute approximate surface area is 127 Å². The summed E-state index contributed by atoms with van der Waals surface area (Å²) in [7, 11) is 0. The van der Waals surface area contributed by atoms with Crippen LogP contribution in [0.2, 0.25) is 0 Å². The quantitative estimate of drug-likeness (QED) is 0.711. The van der Waals surface area contributed by atoms with Gasteiger partial charge in [0, 0.05) is 13.1 Å². The number of nitrogens with two attached hydrogens (primary N) is 1. The van der Waals surface area contributed by atoms with Gasteiger partial charge in [-0.25, -0.2) is 9.97 Å². The Balaban J connectivity index is 2.12. The SMILES string of the molecule is CCN(CCO)c1ncnc(-n2nnc3ccccc32)c1N. The first-order valence-corrected chi connectivity index (χ1v) is 7.03. The van der Waals surface area contributed by atoms with Gasteiger partial charge >= 0.3 is 0 Å². The first-order chi connectivity index (χ1) is 10.8. The van der Waals surface area contributed by atoms with Crippen molar-refractivity contribution in [3.63, 3.8) is 0 Å². The van der Waals surface area contributed by atoms with Gasteiger partial charge in [0.25, 0.3) is 0 Å². The van der Waals surface area contributed by atoms with Gasteiger partial charge in [-0.3, -0.25) is 0 Å². The predicted octanol–water partition coefficient (Wildman–Crippen LogP) is 0.611. The van der Waals surface area contributed by atoms with Crippen molar-refractivity contribution in [2.75, 3.05) is 30.3 Å². The molecule has 1 aromatic carbocycles. The summed E-state index contributed by atoms with van der Waals surface area (Å²) in [5.74, 6) is 1.07. The summed E-state index contributed by atoms with van der Waals surface area (Å²) in [6, 6.07) is 7.59. The molecule has 22 heavy (non-hydrogen) atoms. The van der Waals surface area contributed by atoms with Crippen LogP contribution in [0.4, 0.5) is 11.5 Å². The van der Waals surface area contributed by atoms with Crippen LogP contribution in [0.5, 0.6) is 0 Å².